The van der Waals surface area contributed by atoms with Crippen molar-refractivity contribution in [2.75, 3.05) is 19.0 Å². The Labute approximate surface area is 135 Å². The first kappa shape index (κ1) is 15.4. The summed E-state index contributed by atoms with van der Waals surface area (Å²) in [7, 11) is 1.63. The zero-order valence-electron chi connectivity index (χ0n) is 10.9. The first-order chi connectivity index (χ1) is 9.63. The van der Waals surface area contributed by atoms with E-state index < -0.39 is 0 Å². The Morgan fingerprint density at radius 2 is 1.75 bits per heavy atom. The number of nitrogens with one attached hydrogen (secondary N) is 1. The number of aliphatic hydroxyl groups excluding tert-OH is 1. The van der Waals surface area contributed by atoms with Gasteiger partial charge in [-0.05, 0) is 42.5 Å². The second-order valence-electron chi connectivity index (χ2n) is 4.27. The Morgan fingerprint density at radius 3 is 2.35 bits per heavy atom. The van der Waals surface area contributed by atoms with Gasteiger partial charge >= 0.3 is 0 Å². The van der Waals surface area contributed by atoms with Gasteiger partial charge in [0.25, 0.3) is 0 Å². The van der Waals surface area contributed by atoms with E-state index in [-0.39, 0.29) is 12.6 Å². The summed E-state index contributed by atoms with van der Waals surface area (Å²) in [5.41, 5.74) is 1.85. The summed E-state index contributed by atoms with van der Waals surface area (Å²) in [6.07, 6.45) is 0. The Morgan fingerprint density at radius 1 is 1.10 bits per heavy atom. The molecule has 3 nitrogen and oxygen atoms in total. The number of hydrogen-bond acceptors (Lipinski definition) is 3. The molecule has 0 radical (unpaired) electrons. The van der Waals surface area contributed by atoms with E-state index in [4.69, 9.17) is 4.74 Å². The summed E-state index contributed by atoms with van der Waals surface area (Å²) in [6.45, 7) is -0.0249. The third-order valence-electron chi connectivity index (χ3n) is 2.93. The maximum absolute atomic E-state index is 9.66. The van der Waals surface area contributed by atoms with Crippen LogP contribution in [0.2, 0.25) is 0 Å². The fourth-order valence-electron chi connectivity index (χ4n) is 1.95. The molecule has 0 aliphatic heterocycles. The Bertz CT molecular complexity index is 573. The molecule has 2 N–H and O–H groups in total. The standard InChI is InChI=1S/C15H15Br2NO2/c1-20-15-7-4-11(17)8-13(15)14(9-19)18-12-5-2-10(16)3-6-12/h2-8,14,18-19H,9H2,1H3. The van der Waals surface area contributed by atoms with Crippen LogP contribution in [-0.2, 0) is 0 Å². The van der Waals surface area contributed by atoms with Gasteiger partial charge in [0, 0.05) is 20.2 Å². The first-order valence-electron chi connectivity index (χ1n) is 6.10. The highest BCUT2D eigenvalue weighted by molar-refractivity contribution is 9.10. The molecule has 0 saturated heterocycles. The third-order valence-corrected chi connectivity index (χ3v) is 3.96. The van der Waals surface area contributed by atoms with E-state index >= 15 is 0 Å². The van der Waals surface area contributed by atoms with E-state index in [0.717, 1.165) is 25.9 Å². The maximum Gasteiger partial charge on any atom is 0.124 e. The van der Waals surface area contributed by atoms with Crippen LogP contribution < -0.4 is 10.1 Å². The second kappa shape index (κ2) is 7.11. The minimum Gasteiger partial charge on any atom is -0.496 e. The van der Waals surface area contributed by atoms with Crippen molar-refractivity contribution < 1.29 is 9.84 Å². The molecule has 0 saturated carbocycles. The summed E-state index contributed by atoms with van der Waals surface area (Å²) in [5.74, 6) is 0.747. The topological polar surface area (TPSA) is 41.5 Å². The fourth-order valence-corrected chi connectivity index (χ4v) is 2.59. The van der Waals surface area contributed by atoms with Gasteiger partial charge in [-0.1, -0.05) is 31.9 Å². The molecule has 0 aromatic heterocycles. The summed E-state index contributed by atoms with van der Waals surface area (Å²) in [4.78, 5) is 0. The van der Waals surface area contributed by atoms with E-state index in [1.54, 1.807) is 7.11 Å². The molecule has 0 spiro atoms. The summed E-state index contributed by atoms with van der Waals surface area (Å²) < 4.78 is 7.33. The van der Waals surface area contributed by atoms with Crippen LogP contribution in [0, 0.1) is 0 Å². The van der Waals surface area contributed by atoms with Crippen molar-refractivity contribution >= 4 is 37.5 Å². The smallest absolute Gasteiger partial charge is 0.124 e. The molecule has 5 heteroatoms. The molecule has 1 atom stereocenters. The van der Waals surface area contributed by atoms with Crippen molar-refractivity contribution in [3.05, 3.63) is 57.0 Å². The molecule has 0 amide bonds. The highest BCUT2D eigenvalue weighted by Crippen LogP contribution is 2.30. The number of rotatable bonds is 5. The number of methoxy groups -OCH3 is 1. The van der Waals surface area contributed by atoms with Crippen LogP contribution in [0.5, 0.6) is 5.75 Å². The van der Waals surface area contributed by atoms with Crippen LogP contribution in [0.4, 0.5) is 5.69 Å². The van der Waals surface area contributed by atoms with Gasteiger partial charge < -0.3 is 15.2 Å². The second-order valence-corrected chi connectivity index (χ2v) is 6.10. The molecule has 1 unspecified atom stereocenters. The molecule has 0 aliphatic rings. The van der Waals surface area contributed by atoms with Gasteiger partial charge in [-0.25, -0.2) is 0 Å². The van der Waals surface area contributed by atoms with Crippen LogP contribution >= 0.6 is 31.9 Å². The van der Waals surface area contributed by atoms with Crippen LogP contribution in [0.25, 0.3) is 0 Å². The van der Waals surface area contributed by atoms with Gasteiger partial charge in [0.2, 0.25) is 0 Å². The van der Waals surface area contributed by atoms with E-state index in [1.807, 2.05) is 42.5 Å². The Balaban J connectivity index is 2.28. The Hall–Kier alpha value is -1.04. The largest absolute Gasteiger partial charge is 0.496 e. The quantitative estimate of drug-likeness (QED) is 0.783. The van der Waals surface area contributed by atoms with Crippen molar-refractivity contribution in [3.63, 3.8) is 0 Å². The molecule has 2 aromatic carbocycles. The van der Waals surface area contributed by atoms with Gasteiger partial charge in [-0.15, -0.1) is 0 Å². The van der Waals surface area contributed by atoms with Crippen molar-refractivity contribution in [1.29, 1.82) is 0 Å². The number of aliphatic hydroxyl groups is 1. The minimum absolute atomic E-state index is 0.0249. The molecule has 0 fully saturated rings. The molecule has 2 rings (SSSR count). The van der Waals surface area contributed by atoms with Crippen LogP contribution in [0.3, 0.4) is 0 Å². The lowest BCUT2D eigenvalue weighted by Crippen LogP contribution is -2.15. The van der Waals surface area contributed by atoms with Crippen LogP contribution in [-0.4, -0.2) is 18.8 Å². The number of hydrogen-bond donors (Lipinski definition) is 2. The zero-order valence-corrected chi connectivity index (χ0v) is 14.1. The SMILES string of the molecule is COc1ccc(Br)cc1C(CO)Nc1ccc(Br)cc1. The lowest BCUT2D eigenvalue weighted by molar-refractivity contribution is 0.273. The molecule has 20 heavy (non-hydrogen) atoms. The molecule has 0 bridgehead atoms. The van der Waals surface area contributed by atoms with Gasteiger partial charge in [-0.3, -0.25) is 0 Å². The molecule has 0 heterocycles. The highest BCUT2D eigenvalue weighted by atomic mass is 79.9. The highest BCUT2D eigenvalue weighted by Gasteiger charge is 2.15. The first-order valence-corrected chi connectivity index (χ1v) is 7.69. The number of benzene rings is 2. The maximum atomic E-state index is 9.66. The molecule has 0 aliphatic carbocycles. The summed E-state index contributed by atoms with van der Waals surface area (Å²) >= 11 is 6.85. The van der Waals surface area contributed by atoms with Gasteiger partial charge in [0.15, 0.2) is 0 Å². The van der Waals surface area contributed by atoms with Crippen molar-refractivity contribution in [2.45, 2.75) is 6.04 Å². The van der Waals surface area contributed by atoms with E-state index in [9.17, 15) is 5.11 Å². The zero-order chi connectivity index (χ0) is 14.5. The van der Waals surface area contributed by atoms with Crippen molar-refractivity contribution in [3.8, 4) is 5.75 Å². The molecular formula is C15H15Br2NO2. The normalized spacial score (nSPS) is 12.0. The number of anilines is 1. The molecular weight excluding hydrogens is 386 g/mol. The third kappa shape index (κ3) is 3.75. The monoisotopic (exact) mass is 399 g/mol. The van der Waals surface area contributed by atoms with Crippen molar-refractivity contribution in [1.82, 2.24) is 0 Å². The molecule has 2 aromatic rings. The minimum atomic E-state index is -0.233. The Kier molecular flexibility index (Phi) is 5.46. The van der Waals surface area contributed by atoms with Crippen LogP contribution in [0.1, 0.15) is 11.6 Å². The van der Waals surface area contributed by atoms with Gasteiger partial charge in [-0.2, -0.15) is 0 Å². The number of ether oxygens (including phenoxy) is 1. The number of halogens is 2. The predicted octanol–water partition coefficient (Wildman–Crippen LogP) is 4.37. The lowest BCUT2D eigenvalue weighted by atomic mass is 10.1. The lowest BCUT2D eigenvalue weighted by Gasteiger charge is -2.20. The van der Waals surface area contributed by atoms with E-state index in [0.29, 0.717) is 0 Å². The average Bonchev–Trinajstić information content (AvgIpc) is 2.46. The van der Waals surface area contributed by atoms with E-state index in [1.165, 1.54) is 0 Å². The van der Waals surface area contributed by atoms with Gasteiger partial charge in [0.1, 0.15) is 5.75 Å². The fraction of sp³-hybridized carbons (Fsp3) is 0.200. The summed E-state index contributed by atoms with van der Waals surface area (Å²) in [6, 6.07) is 13.3. The molecule has 106 valence electrons. The van der Waals surface area contributed by atoms with E-state index in [2.05, 4.69) is 37.2 Å². The van der Waals surface area contributed by atoms with Crippen molar-refractivity contribution in [2.24, 2.45) is 0 Å². The van der Waals surface area contributed by atoms with Gasteiger partial charge in [0.05, 0.1) is 19.8 Å². The average molecular weight is 401 g/mol. The summed E-state index contributed by atoms with van der Waals surface area (Å²) in [5, 5.41) is 13.0. The predicted molar refractivity (Wildman–Crippen MR) is 88.3 cm³/mol. The van der Waals surface area contributed by atoms with Crippen LogP contribution in [0.15, 0.2) is 51.4 Å².